The van der Waals surface area contributed by atoms with Gasteiger partial charge in [0.05, 0.1) is 24.4 Å². The molecule has 1 saturated carbocycles. The number of carbonyl (C=O) groups excluding carboxylic acids is 1. The number of ketones is 1. The van der Waals surface area contributed by atoms with Gasteiger partial charge >= 0.3 is 0 Å². The minimum atomic E-state index is -0.532. The highest BCUT2D eigenvalue weighted by atomic mass is 16.3. The van der Waals surface area contributed by atoms with Crippen LogP contribution < -0.4 is 0 Å². The number of allylic oxidation sites excluding steroid dienone is 39. The maximum Gasteiger partial charge on any atom is 0.162 e. The summed E-state index contributed by atoms with van der Waals surface area (Å²) in [5, 5.41) is 40.4. The lowest BCUT2D eigenvalue weighted by atomic mass is 9.66. The van der Waals surface area contributed by atoms with Crippen LogP contribution in [0.4, 0.5) is 0 Å². The molecule has 6 atom stereocenters. The second-order valence-corrected chi connectivity index (χ2v) is 27.9. The van der Waals surface area contributed by atoms with Crippen molar-refractivity contribution >= 4 is 5.78 Å². The fourth-order valence-electron chi connectivity index (χ4n) is 12.3. The summed E-state index contributed by atoms with van der Waals surface area (Å²) in [5.41, 5.74) is 15.1. The van der Waals surface area contributed by atoms with Gasteiger partial charge in [0.25, 0.3) is 0 Å². The van der Waals surface area contributed by atoms with Crippen LogP contribution >= 0.6 is 0 Å². The fraction of sp³-hybridized carbons (Fsp3) is 0.463. The topological polar surface area (TPSA) is 98.0 Å². The second kappa shape index (κ2) is 33.8. The molecule has 0 aliphatic heterocycles. The van der Waals surface area contributed by atoms with Gasteiger partial charge in [0.2, 0.25) is 0 Å². The lowest BCUT2D eigenvalue weighted by Crippen LogP contribution is -2.36. The Hall–Kier alpha value is -5.95. The molecule has 0 bridgehead atoms. The maximum atomic E-state index is 12.9. The minimum absolute atomic E-state index is 0.00528. The molecule has 0 unspecified atom stereocenters. The average molecular weight is 1150 g/mol. The molecule has 0 aromatic rings. The number of hydrogen-bond acceptors (Lipinski definition) is 5. The van der Waals surface area contributed by atoms with Crippen LogP contribution in [0.3, 0.4) is 0 Å². The normalized spacial score (nSPS) is 27.2. The van der Waals surface area contributed by atoms with Gasteiger partial charge in [-0.05, 0) is 160 Å². The SMILES string of the molecule is CC1=C(/C=C/C(C)=C/C=C/C(C)=C/C=C/C=C(C)/C=C/C=C(C)/C=C/C(=O)[C@]2(C)C[C@@H](O)CC2(C)C)C(C)(C)C[C@H](O)C1.CC1=C[C@H](O)CC(C)(C)[C@H]1/C=C/C(C)=C/C=C/C(C)=C/C=C/C=C(C)/C=C/C=C(C)/C=C/C1=C(C)C[C@@H](O)CC1(C)C. The Morgan fingerprint density at radius 3 is 1.09 bits per heavy atom. The standard InChI is InChI=1S/C40H56O3.C40H56O2/c1-29(17-13-19-31(3)21-23-36-33(5)25-34(41)26-38(36,6)7)15-11-12-16-30(2)18-14-20-32(4)22-24-37(43)40(10)28-35(42)27-39(40,8)9;1-29(17-13-19-31(3)21-23-37-33(5)25-35(41)27-39(37,7)8)15-11-12-16-30(2)18-14-20-32(4)22-24-38-34(6)26-36(42)28-40(38,9)10/h11-24,34-35,41-42H,25-28H2,1-10H3;11-25,35-37,41-42H,26-28H2,1-10H3/b2*12-11+,17-13+,18-14+,23-21+,24-22+,29-15+,30-16+,31-19+,32-20+/t34-,35+,40+;35-,36+,37-/m10/s1. The van der Waals surface area contributed by atoms with Crippen LogP contribution in [0.1, 0.15) is 183 Å². The molecule has 4 N–H and O–H groups in total. The first-order valence-electron chi connectivity index (χ1n) is 31.1. The third-order valence-corrected chi connectivity index (χ3v) is 17.5. The number of aliphatic hydroxyl groups is 4. The third kappa shape index (κ3) is 25.1. The van der Waals surface area contributed by atoms with Gasteiger partial charge in [0, 0.05) is 11.3 Å². The van der Waals surface area contributed by atoms with Gasteiger partial charge in [0.15, 0.2) is 5.78 Å². The third-order valence-electron chi connectivity index (χ3n) is 17.5. The van der Waals surface area contributed by atoms with Crippen LogP contribution in [0, 0.1) is 33.0 Å². The van der Waals surface area contributed by atoms with E-state index in [4.69, 9.17) is 0 Å². The van der Waals surface area contributed by atoms with Crippen molar-refractivity contribution < 1.29 is 25.2 Å². The van der Waals surface area contributed by atoms with Gasteiger partial charge in [-0.2, -0.15) is 0 Å². The molecule has 0 aromatic carbocycles. The Kier molecular flexibility index (Phi) is 29.2. The molecule has 4 aliphatic carbocycles. The van der Waals surface area contributed by atoms with E-state index < -0.39 is 11.5 Å². The fourth-order valence-corrected chi connectivity index (χ4v) is 12.3. The summed E-state index contributed by atoms with van der Waals surface area (Å²) in [7, 11) is 0. The Morgan fingerprint density at radius 2 is 0.753 bits per heavy atom. The Morgan fingerprint density at radius 1 is 0.412 bits per heavy atom. The van der Waals surface area contributed by atoms with Crippen LogP contribution in [0.15, 0.2) is 249 Å². The molecule has 5 heteroatoms. The van der Waals surface area contributed by atoms with Gasteiger partial charge in [-0.3, -0.25) is 4.79 Å². The smallest absolute Gasteiger partial charge is 0.162 e. The van der Waals surface area contributed by atoms with Gasteiger partial charge in [-0.1, -0.05) is 294 Å². The first-order chi connectivity index (χ1) is 39.6. The number of aliphatic hydroxyl groups excluding tert-OH is 4. The molecule has 0 radical (unpaired) electrons. The molecule has 0 saturated heterocycles. The van der Waals surface area contributed by atoms with Crippen LogP contribution in [-0.4, -0.2) is 50.6 Å². The summed E-state index contributed by atoms with van der Waals surface area (Å²) in [6, 6.07) is 0. The Labute approximate surface area is 517 Å². The van der Waals surface area contributed by atoms with E-state index in [0.717, 1.165) is 48.8 Å². The van der Waals surface area contributed by atoms with E-state index in [2.05, 4.69) is 252 Å². The van der Waals surface area contributed by atoms with Crippen molar-refractivity contribution in [3.8, 4) is 0 Å². The number of hydrogen-bond donors (Lipinski definition) is 4. The minimum Gasteiger partial charge on any atom is -0.393 e. The highest BCUT2D eigenvalue weighted by Gasteiger charge is 2.52. The molecule has 1 fully saturated rings. The molecule has 0 aromatic heterocycles. The van der Waals surface area contributed by atoms with Crippen molar-refractivity contribution in [1.82, 2.24) is 0 Å². The van der Waals surface area contributed by atoms with E-state index in [1.807, 2.05) is 56.4 Å². The average Bonchev–Trinajstić information content (AvgIpc) is 2.18. The molecular weight excluding hydrogens is 1040 g/mol. The summed E-state index contributed by atoms with van der Waals surface area (Å²) in [6.07, 6.45) is 64.4. The first-order valence-corrected chi connectivity index (χ1v) is 31.1. The van der Waals surface area contributed by atoms with Crippen molar-refractivity contribution in [2.24, 2.45) is 33.0 Å². The van der Waals surface area contributed by atoms with Crippen LogP contribution in [0.2, 0.25) is 0 Å². The highest BCUT2D eigenvalue weighted by molar-refractivity contribution is 5.96. The molecule has 5 nitrogen and oxygen atoms in total. The molecule has 4 rings (SSSR count). The largest absolute Gasteiger partial charge is 0.393 e. The Bertz CT molecular complexity index is 2990. The van der Waals surface area contributed by atoms with Gasteiger partial charge in [-0.25, -0.2) is 0 Å². The van der Waals surface area contributed by atoms with E-state index in [1.54, 1.807) is 6.08 Å². The van der Waals surface area contributed by atoms with Gasteiger partial charge < -0.3 is 20.4 Å². The van der Waals surface area contributed by atoms with Crippen molar-refractivity contribution in [2.45, 2.75) is 208 Å². The molecule has 85 heavy (non-hydrogen) atoms. The van der Waals surface area contributed by atoms with E-state index in [-0.39, 0.29) is 45.8 Å². The molecule has 4 aliphatic rings. The summed E-state index contributed by atoms with van der Waals surface area (Å²) < 4.78 is 0. The van der Waals surface area contributed by atoms with E-state index in [9.17, 15) is 25.2 Å². The first kappa shape index (κ1) is 73.3. The quantitative estimate of drug-likeness (QED) is 0.0522. The van der Waals surface area contributed by atoms with Crippen LogP contribution in [0.25, 0.3) is 0 Å². The zero-order chi connectivity index (χ0) is 63.9. The molecule has 0 amide bonds. The predicted molar refractivity (Wildman–Crippen MR) is 369 cm³/mol. The van der Waals surface area contributed by atoms with E-state index in [0.29, 0.717) is 18.8 Å². The molecule has 0 spiro atoms. The molecular formula is C80H112O5. The summed E-state index contributed by atoms with van der Waals surface area (Å²) >= 11 is 0. The maximum absolute atomic E-state index is 12.9. The van der Waals surface area contributed by atoms with Crippen LogP contribution in [-0.2, 0) is 4.79 Å². The second-order valence-electron chi connectivity index (χ2n) is 27.9. The van der Waals surface area contributed by atoms with Crippen LogP contribution in [0.5, 0.6) is 0 Å². The molecule has 462 valence electrons. The van der Waals surface area contributed by atoms with Crippen molar-refractivity contribution in [1.29, 1.82) is 0 Å². The zero-order valence-electron chi connectivity index (χ0n) is 56.3. The summed E-state index contributed by atoms with van der Waals surface area (Å²) in [6.45, 7) is 42.5. The Balaban J connectivity index is 0.000000445. The zero-order valence-corrected chi connectivity index (χ0v) is 56.3. The number of carbonyl (C=O) groups is 1. The predicted octanol–water partition coefficient (Wildman–Crippen LogP) is 20.2. The van der Waals surface area contributed by atoms with Gasteiger partial charge in [0.1, 0.15) is 0 Å². The summed E-state index contributed by atoms with van der Waals surface area (Å²) in [5.74, 6) is 0.433. The van der Waals surface area contributed by atoms with Crippen molar-refractivity contribution in [3.05, 3.63) is 249 Å². The van der Waals surface area contributed by atoms with E-state index in [1.165, 1.54) is 55.7 Å². The lowest BCUT2D eigenvalue weighted by Gasteiger charge is -2.38. The molecule has 0 heterocycles. The van der Waals surface area contributed by atoms with Crippen molar-refractivity contribution in [3.63, 3.8) is 0 Å². The van der Waals surface area contributed by atoms with Crippen molar-refractivity contribution in [2.75, 3.05) is 0 Å². The summed E-state index contributed by atoms with van der Waals surface area (Å²) in [4.78, 5) is 12.9. The monoisotopic (exact) mass is 1150 g/mol. The van der Waals surface area contributed by atoms with Gasteiger partial charge in [-0.15, -0.1) is 0 Å². The lowest BCUT2D eigenvalue weighted by molar-refractivity contribution is -0.127. The number of rotatable bonds is 21. The van der Waals surface area contributed by atoms with E-state index >= 15 is 0 Å². The highest BCUT2D eigenvalue weighted by Crippen LogP contribution is 2.53.